The highest BCUT2D eigenvalue weighted by atomic mass is 16.6. The van der Waals surface area contributed by atoms with Gasteiger partial charge in [0.05, 0.1) is 10.6 Å². The maximum Gasteiger partial charge on any atom is 0.311 e. The van der Waals surface area contributed by atoms with Crippen molar-refractivity contribution in [2.24, 2.45) is 0 Å². The lowest BCUT2D eigenvalue weighted by Gasteiger charge is -2.13. The van der Waals surface area contributed by atoms with Crippen LogP contribution in [0.25, 0.3) is 6.08 Å². The average molecular weight is 363 g/mol. The number of benzene rings is 2. The van der Waals surface area contributed by atoms with Gasteiger partial charge in [0, 0.05) is 11.6 Å². The van der Waals surface area contributed by atoms with Gasteiger partial charge in [-0.25, -0.2) is 5.01 Å². The van der Waals surface area contributed by atoms with Gasteiger partial charge in [0.1, 0.15) is 12.2 Å². The molecule has 2 amide bonds. The number of nitrogens with zero attached hydrogens (tertiary/aromatic N) is 2. The van der Waals surface area contributed by atoms with Gasteiger partial charge in [-0.05, 0) is 18.2 Å². The molecule has 1 saturated heterocycles. The Morgan fingerprint density at radius 1 is 1.19 bits per heavy atom. The molecule has 0 saturated carbocycles. The number of carbonyl (C=O) groups is 2. The van der Waals surface area contributed by atoms with Crippen LogP contribution in [0.2, 0.25) is 0 Å². The molecule has 8 heteroatoms. The van der Waals surface area contributed by atoms with E-state index in [-0.39, 0.29) is 29.2 Å². The van der Waals surface area contributed by atoms with E-state index in [1.165, 1.54) is 24.3 Å². The topological polar surface area (TPSA) is 102 Å². The first kappa shape index (κ1) is 17.7. The molecule has 1 heterocycles. The van der Waals surface area contributed by atoms with Crippen molar-refractivity contribution in [1.29, 1.82) is 0 Å². The predicted molar refractivity (Wildman–Crippen MR) is 97.5 cm³/mol. The molecule has 8 nitrogen and oxygen atoms in total. The van der Waals surface area contributed by atoms with Crippen LogP contribution in [-0.4, -0.2) is 23.3 Å². The van der Waals surface area contributed by atoms with Crippen molar-refractivity contribution >= 4 is 29.3 Å². The third-order valence-electron chi connectivity index (χ3n) is 3.73. The Morgan fingerprint density at radius 2 is 1.93 bits per heavy atom. The lowest BCUT2D eigenvalue weighted by Crippen LogP contribution is -2.35. The number of nitro groups is 1. The van der Waals surface area contributed by atoms with Crippen LogP contribution in [0.3, 0.4) is 0 Å². The maximum atomic E-state index is 12.6. The Balaban J connectivity index is 2.02. The van der Waals surface area contributed by atoms with E-state index >= 15 is 0 Å². The summed E-state index contributed by atoms with van der Waals surface area (Å²) in [6, 6.07) is 12.7. The van der Waals surface area contributed by atoms with E-state index < -0.39 is 16.7 Å². The zero-order valence-electron chi connectivity index (χ0n) is 13.9. The van der Waals surface area contributed by atoms with Gasteiger partial charge in [0.2, 0.25) is 5.75 Å². The van der Waals surface area contributed by atoms with Crippen LogP contribution in [0.1, 0.15) is 5.56 Å². The molecule has 27 heavy (non-hydrogen) atoms. The predicted octanol–water partition coefficient (Wildman–Crippen LogP) is 2.07. The first-order valence-corrected chi connectivity index (χ1v) is 7.78. The number of rotatable bonds is 5. The fourth-order valence-electron chi connectivity index (χ4n) is 2.54. The van der Waals surface area contributed by atoms with Gasteiger partial charge >= 0.3 is 5.69 Å². The van der Waals surface area contributed by atoms with Crippen molar-refractivity contribution in [3.8, 4) is 18.1 Å². The minimum atomic E-state index is -0.627. The lowest BCUT2D eigenvalue weighted by molar-refractivity contribution is -0.385. The molecule has 134 valence electrons. The highest BCUT2D eigenvalue weighted by Crippen LogP contribution is 2.33. The molecular formula is C19H13N3O5. The second-order valence-electron chi connectivity index (χ2n) is 5.42. The zero-order valence-corrected chi connectivity index (χ0v) is 13.9. The Bertz CT molecular complexity index is 992. The van der Waals surface area contributed by atoms with Gasteiger partial charge in [-0.3, -0.25) is 25.1 Å². The number of amides is 2. The van der Waals surface area contributed by atoms with Gasteiger partial charge < -0.3 is 4.74 Å². The van der Waals surface area contributed by atoms with Gasteiger partial charge in [-0.15, -0.1) is 6.42 Å². The molecule has 1 fully saturated rings. The lowest BCUT2D eigenvalue weighted by atomic mass is 10.1. The molecule has 0 atom stereocenters. The van der Waals surface area contributed by atoms with Crippen LogP contribution in [0.5, 0.6) is 5.75 Å². The Labute approximate surface area is 154 Å². The largest absolute Gasteiger partial charge is 0.473 e. The average Bonchev–Trinajstić information content (AvgIpc) is 2.95. The van der Waals surface area contributed by atoms with E-state index in [4.69, 9.17) is 11.2 Å². The second-order valence-corrected chi connectivity index (χ2v) is 5.42. The van der Waals surface area contributed by atoms with E-state index in [1.54, 1.807) is 30.3 Å². The van der Waals surface area contributed by atoms with Gasteiger partial charge in [0.15, 0.2) is 0 Å². The number of terminal acetylenes is 1. The quantitative estimate of drug-likeness (QED) is 0.288. The number of anilines is 1. The van der Waals surface area contributed by atoms with Crippen LogP contribution in [-0.2, 0) is 9.59 Å². The Hall–Kier alpha value is -4.12. The first-order valence-electron chi connectivity index (χ1n) is 7.78. The fourth-order valence-corrected chi connectivity index (χ4v) is 2.54. The summed E-state index contributed by atoms with van der Waals surface area (Å²) < 4.78 is 5.29. The number of nitrogens with one attached hydrogen (secondary N) is 1. The third-order valence-corrected chi connectivity index (χ3v) is 3.73. The number of hydrogen-bond acceptors (Lipinski definition) is 5. The monoisotopic (exact) mass is 363 g/mol. The molecule has 0 unspecified atom stereocenters. The molecule has 0 spiro atoms. The molecular weight excluding hydrogens is 350 g/mol. The minimum Gasteiger partial charge on any atom is -0.473 e. The van der Waals surface area contributed by atoms with Crippen molar-refractivity contribution < 1.29 is 19.2 Å². The molecule has 1 N–H and O–H groups in total. The van der Waals surface area contributed by atoms with Crippen LogP contribution < -0.4 is 15.2 Å². The van der Waals surface area contributed by atoms with Crippen molar-refractivity contribution in [2.45, 2.75) is 0 Å². The third kappa shape index (κ3) is 3.48. The van der Waals surface area contributed by atoms with E-state index in [2.05, 4.69) is 11.3 Å². The number of nitro benzene ring substituents is 1. The minimum absolute atomic E-state index is 0.105. The zero-order chi connectivity index (χ0) is 19.4. The number of ether oxygens (including phenoxy) is 1. The summed E-state index contributed by atoms with van der Waals surface area (Å²) in [6.45, 7) is -0.197. The summed E-state index contributed by atoms with van der Waals surface area (Å²) >= 11 is 0. The summed E-state index contributed by atoms with van der Waals surface area (Å²) in [5.74, 6) is 0.915. The van der Waals surface area contributed by atoms with E-state index in [9.17, 15) is 19.7 Å². The molecule has 1 aliphatic rings. The molecule has 0 radical (unpaired) electrons. The van der Waals surface area contributed by atoms with Crippen LogP contribution >= 0.6 is 0 Å². The highest BCUT2D eigenvalue weighted by molar-refractivity contribution is 6.31. The Morgan fingerprint density at radius 3 is 2.59 bits per heavy atom. The van der Waals surface area contributed by atoms with Crippen LogP contribution in [0.15, 0.2) is 54.1 Å². The number of carbonyl (C=O) groups excluding carboxylic acids is 2. The first-order chi connectivity index (χ1) is 13.0. The second kappa shape index (κ2) is 7.41. The normalized spacial score (nSPS) is 14.8. The van der Waals surface area contributed by atoms with Crippen molar-refractivity contribution in [3.63, 3.8) is 0 Å². The summed E-state index contributed by atoms with van der Waals surface area (Å²) in [5.41, 5.74) is 2.66. The summed E-state index contributed by atoms with van der Waals surface area (Å²) in [6.07, 6.45) is 6.41. The number of hydrazine groups is 1. The SMILES string of the molecule is C#CCOc1c(C=C2C(=O)NN(c3ccccc3)C2=O)cccc1[N+](=O)[O-]. The smallest absolute Gasteiger partial charge is 0.311 e. The van der Waals surface area contributed by atoms with Crippen molar-refractivity contribution in [2.75, 3.05) is 11.6 Å². The molecule has 3 rings (SSSR count). The molecule has 1 aliphatic heterocycles. The summed E-state index contributed by atoms with van der Waals surface area (Å²) in [4.78, 5) is 35.5. The van der Waals surface area contributed by atoms with Crippen LogP contribution in [0, 0.1) is 22.5 Å². The van der Waals surface area contributed by atoms with Gasteiger partial charge in [0.25, 0.3) is 11.8 Å². The van der Waals surface area contributed by atoms with Crippen LogP contribution in [0.4, 0.5) is 11.4 Å². The van der Waals surface area contributed by atoms with Crippen molar-refractivity contribution in [3.05, 3.63) is 69.8 Å². The molecule has 0 bridgehead atoms. The maximum absolute atomic E-state index is 12.6. The van der Waals surface area contributed by atoms with Gasteiger partial charge in [-0.1, -0.05) is 36.3 Å². The summed E-state index contributed by atoms with van der Waals surface area (Å²) in [5, 5.41) is 12.3. The molecule has 0 aromatic heterocycles. The fraction of sp³-hybridized carbons (Fsp3) is 0.0526. The van der Waals surface area contributed by atoms with Crippen molar-refractivity contribution in [1.82, 2.24) is 5.43 Å². The molecule has 2 aromatic rings. The molecule has 2 aromatic carbocycles. The Kier molecular flexibility index (Phi) is 4.86. The molecule has 0 aliphatic carbocycles. The van der Waals surface area contributed by atoms with E-state index in [1.807, 2.05) is 0 Å². The summed E-state index contributed by atoms with van der Waals surface area (Å²) in [7, 11) is 0. The van der Waals surface area contributed by atoms with Gasteiger partial charge in [-0.2, -0.15) is 0 Å². The number of para-hydroxylation sites is 2. The number of hydrogen-bond donors (Lipinski definition) is 1. The van der Waals surface area contributed by atoms with E-state index in [0.717, 1.165) is 5.01 Å². The van der Waals surface area contributed by atoms with E-state index in [0.29, 0.717) is 5.69 Å². The standard InChI is InChI=1S/C19H13N3O5/c1-2-11-27-17-13(7-6-10-16(17)22(25)26)12-15-18(23)20-21(19(15)24)14-8-4-3-5-9-14/h1,3-10,12H,11H2,(H,20,23). The highest BCUT2D eigenvalue weighted by Gasteiger charge is 2.35.